The quantitative estimate of drug-likeness (QED) is 0.532. The number of nitrogens with one attached hydrogen (secondary N) is 1. The molecule has 2 N–H and O–H groups in total. The highest BCUT2D eigenvalue weighted by molar-refractivity contribution is 6.05. The number of aromatic hydroxyl groups is 1. The topological polar surface area (TPSA) is 107 Å². The summed E-state index contributed by atoms with van der Waals surface area (Å²) in [5, 5.41) is 13.1. The molecule has 4 aromatic rings. The van der Waals surface area contributed by atoms with Crippen molar-refractivity contribution in [2.24, 2.45) is 0 Å². The van der Waals surface area contributed by atoms with Gasteiger partial charge in [0.15, 0.2) is 5.58 Å². The number of aromatic nitrogens is 2. The van der Waals surface area contributed by atoms with E-state index in [-0.39, 0.29) is 17.5 Å². The van der Waals surface area contributed by atoms with Crippen LogP contribution in [0.4, 0.5) is 5.69 Å². The van der Waals surface area contributed by atoms with Crippen LogP contribution in [0.1, 0.15) is 10.4 Å². The summed E-state index contributed by atoms with van der Waals surface area (Å²) in [6.45, 7) is 0. The number of amides is 1. The van der Waals surface area contributed by atoms with Crippen molar-refractivity contribution in [2.45, 2.75) is 0 Å². The standard InChI is InChI=1S/C21H17N3O5/c1-27-14-7-12(8-15(10-14)28-2)20(26)23-13-3-4-16(18(25)9-13)21-24-17-11-22-6-5-19(17)29-21/h3-11,25H,1-2H3,(H,23,26). The van der Waals surface area contributed by atoms with Gasteiger partial charge in [0, 0.05) is 35.6 Å². The predicted molar refractivity (Wildman–Crippen MR) is 106 cm³/mol. The average molecular weight is 391 g/mol. The lowest BCUT2D eigenvalue weighted by Crippen LogP contribution is -2.12. The fourth-order valence-electron chi connectivity index (χ4n) is 2.83. The molecule has 8 nitrogen and oxygen atoms in total. The summed E-state index contributed by atoms with van der Waals surface area (Å²) in [7, 11) is 3.02. The summed E-state index contributed by atoms with van der Waals surface area (Å²) >= 11 is 0. The number of carbonyl (C=O) groups is 1. The molecular formula is C21H17N3O5. The Morgan fingerprint density at radius 2 is 1.83 bits per heavy atom. The lowest BCUT2D eigenvalue weighted by atomic mass is 10.1. The van der Waals surface area contributed by atoms with E-state index < -0.39 is 0 Å². The van der Waals surface area contributed by atoms with E-state index in [1.54, 1.807) is 48.8 Å². The fourth-order valence-corrected chi connectivity index (χ4v) is 2.83. The first kappa shape index (κ1) is 18.3. The van der Waals surface area contributed by atoms with Crippen LogP contribution in [0.3, 0.4) is 0 Å². The van der Waals surface area contributed by atoms with E-state index >= 15 is 0 Å². The SMILES string of the molecule is COc1cc(OC)cc(C(=O)Nc2ccc(-c3nc4cnccc4o3)c(O)c2)c1. The third-order valence-corrected chi connectivity index (χ3v) is 4.29. The molecule has 0 saturated heterocycles. The number of phenolic OH excluding ortho intramolecular Hbond substituents is 1. The number of carbonyl (C=O) groups excluding carboxylic acids is 1. The molecule has 2 aromatic heterocycles. The first-order valence-electron chi connectivity index (χ1n) is 8.66. The lowest BCUT2D eigenvalue weighted by molar-refractivity contribution is 0.102. The van der Waals surface area contributed by atoms with Crippen LogP contribution in [0.15, 0.2) is 59.3 Å². The molecule has 0 bridgehead atoms. The number of rotatable bonds is 5. The Kier molecular flexibility index (Phi) is 4.74. The molecule has 0 aliphatic heterocycles. The highest BCUT2D eigenvalue weighted by Crippen LogP contribution is 2.33. The normalized spacial score (nSPS) is 10.7. The van der Waals surface area contributed by atoms with Gasteiger partial charge < -0.3 is 24.3 Å². The molecular weight excluding hydrogens is 374 g/mol. The molecule has 0 aliphatic carbocycles. The van der Waals surface area contributed by atoms with Gasteiger partial charge in [-0.25, -0.2) is 4.98 Å². The van der Waals surface area contributed by atoms with E-state index in [9.17, 15) is 9.90 Å². The van der Waals surface area contributed by atoms with Crippen molar-refractivity contribution in [3.05, 3.63) is 60.4 Å². The number of ether oxygens (including phenoxy) is 2. The lowest BCUT2D eigenvalue weighted by Gasteiger charge is -2.10. The zero-order valence-electron chi connectivity index (χ0n) is 15.7. The Morgan fingerprint density at radius 3 is 2.48 bits per heavy atom. The number of methoxy groups -OCH3 is 2. The van der Waals surface area contributed by atoms with Crippen molar-refractivity contribution < 1.29 is 23.8 Å². The number of hydrogen-bond acceptors (Lipinski definition) is 7. The molecule has 1 amide bonds. The highest BCUT2D eigenvalue weighted by atomic mass is 16.5. The largest absolute Gasteiger partial charge is 0.507 e. The average Bonchev–Trinajstić information content (AvgIpc) is 3.17. The summed E-state index contributed by atoms with van der Waals surface area (Å²) in [6.07, 6.45) is 3.18. The van der Waals surface area contributed by atoms with Crippen LogP contribution in [-0.4, -0.2) is 35.2 Å². The van der Waals surface area contributed by atoms with Crippen LogP contribution in [0.5, 0.6) is 17.2 Å². The van der Waals surface area contributed by atoms with Crippen LogP contribution in [0, 0.1) is 0 Å². The number of oxazole rings is 1. The minimum Gasteiger partial charge on any atom is -0.507 e. The van der Waals surface area contributed by atoms with Gasteiger partial charge in [-0.2, -0.15) is 0 Å². The summed E-state index contributed by atoms with van der Waals surface area (Å²) in [5.74, 6) is 0.810. The highest BCUT2D eigenvalue weighted by Gasteiger charge is 2.15. The molecule has 29 heavy (non-hydrogen) atoms. The van der Waals surface area contributed by atoms with Gasteiger partial charge in [0.2, 0.25) is 5.89 Å². The Labute approximate surface area is 165 Å². The number of anilines is 1. The maximum atomic E-state index is 12.6. The van der Waals surface area contributed by atoms with Gasteiger partial charge in [0.05, 0.1) is 26.0 Å². The molecule has 0 aliphatic rings. The number of benzene rings is 2. The van der Waals surface area contributed by atoms with Gasteiger partial charge in [-0.1, -0.05) is 0 Å². The Bertz CT molecular complexity index is 1150. The van der Waals surface area contributed by atoms with Crippen LogP contribution < -0.4 is 14.8 Å². The molecule has 0 spiro atoms. The molecule has 0 unspecified atom stereocenters. The van der Waals surface area contributed by atoms with Crippen molar-refractivity contribution in [2.75, 3.05) is 19.5 Å². The zero-order valence-corrected chi connectivity index (χ0v) is 15.7. The molecule has 2 aromatic carbocycles. The van der Waals surface area contributed by atoms with E-state index in [2.05, 4.69) is 15.3 Å². The summed E-state index contributed by atoms with van der Waals surface area (Å²) in [4.78, 5) is 20.9. The van der Waals surface area contributed by atoms with Gasteiger partial charge in [-0.05, 0) is 24.3 Å². The van der Waals surface area contributed by atoms with Crippen LogP contribution in [0.2, 0.25) is 0 Å². The summed E-state index contributed by atoms with van der Waals surface area (Å²) in [5.41, 5.74) is 2.33. The fraction of sp³-hybridized carbons (Fsp3) is 0.0952. The number of nitrogens with zero attached hydrogens (tertiary/aromatic N) is 2. The van der Waals surface area contributed by atoms with E-state index in [0.29, 0.717) is 39.4 Å². The van der Waals surface area contributed by atoms with Crippen molar-refractivity contribution in [3.8, 4) is 28.7 Å². The minimum atomic E-state index is -0.373. The van der Waals surface area contributed by atoms with Gasteiger partial charge in [-0.3, -0.25) is 9.78 Å². The third-order valence-electron chi connectivity index (χ3n) is 4.29. The maximum Gasteiger partial charge on any atom is 0.255 e. The number of fused-ring (bicyclic) bond motifs is 1. The van der Waals surface area contributed by atoms with E-state index in [1.165, 1.54) is 20.3 Å². The van der Waals surface area contributed by atoms with E-state index in [0.717, 1.165) is 0 Å². The van der Waals surface area contributed by atoms with E-state index in [4.69, 9.17) is 13.9 Å². The van der Waals surface area contributed by atoms with Crippen LogP contribution >= 0.6 is 0 Å². The third kappa shape index (κ3) is 3.68. The van der Waals surface area contributed by atoms with Gasteiger partial charge in [0.25, 0.3) is 5.91 Å². The maximum absolute atomic E-state index is 12.6. The van der Waals surface area contributed by atoms with Crippen molar-refractivity contribution in [3.63, 3.8) is 0 Å². The first-order chi connectivity index (χ1) is 14.1. The second-order valence-corrected chi connectivity index (χ2v) is 6.15. The minimum absolute atomic E-state index is 0.0782. The van der Waals surface area contributed by atoms with Crippen molar-refractivity contribution in [1.29, 1.82) is 0 Å². The first-order valence-corrected chi connectivity index (χ1v) is 8.66. The second-order valence-electron chi connectivity index (χ2n) is 6.15. The molecule has 0 saturated carbocycles. The monoisotopic (exact) mass is 391 g/mol. The smallest absolute Gasteiger partial charge is 0.255 e. The second kappa shape index (κ2) is 7.51. The summed E-state index contributed by atoms with van der Waals surface area (Å²) in [6, 6.07) is 11.3. The van der Waals surface area contributed by atoms with Crippen LogP contribution in [-0.2, 0) is 0 Å². The van der Waals surface area contributed by atoms with Crippen LogP contribution in [0.25, 0.3) is 22.6 Å². The molecule has 0 atom stereocenters. The Balaban J connectivity index is 1.59. The summed E-state index contributed by atoms with van der Waals surface area (Å²) < 4.78 is 16.0. The predicted octanol–water partition coefficient (Wildman–Crippen LogP) is 3.86. The molecule has 2 heterocycles. The Hall–Kier alpha value is -4.07. The number of hydrogen-bond donors (Lipinski definition) is 2. The molecule has 0 fully saturated rings. The Morgan fingerprint density at radius 1 is 1.07 bits per heavy atom. The van der Waals surface area contributed by atoms with Crippen molar-refractivity contribution in [1.82, 2.24) is 9.97 Å². The zero-order chi connectivity index (χ0) is 20.4. The molecule has 0 radical (unpaired) electrons. The molecule has 4 rings (SSSR count). The molecule has 146 valence electrons. The van der Waals surface area contributed by atoms with E-state index in [1.807, 2.05) is 0 Å². The molecule has 8 heteroatoms. The number of phenols is 1. The van der Waals surface area contributed by atoms with Gasteiger partial charge in [0.1, 0.15) is 22.8 Å². The number of pyridine rings is 1. The van der Waals surface area contributed by atoms with Gasteiger partial charge in [-0.15, -0.1) is 0 Å². The van der Waals surface area contributed by atoms with Gasteiger partial charge >= 0.3 is 0 Å². The van der Waals surface area contributed by atoms with Crippen molar-refractivity contribution >= 4 is 22.7 Å².